The van der Waals surface area contributed by atoms with Gasteiger partial charge in [-0.25, -0.2) is 9.78 Å². The minimum Gasteiger partial charge on any atom is -0.464 e. The Morgan fingerprint density at radius 2 is 2.38 bits per heavy atom. The fourth-order valence-corrected chi connectivity index (χ4v) is 1.53. The Kier molecular flexibility index (Phi) is 4.98. The van der Waals surface area contributed by atoms with Crippen LogP contribution in [0.15, 0.2) is 12.5 Å². The summed E-state index contributed by atoms with van der Waals surface area (Å²) in [6.07, 6.45) is 4.83. The van der Waals surface area contributed by atoms with Gasteiger partial charge in [0.05, 0.1) is 25.2 Å². The molecule has 1 aromatic heterocycles. The van der Waals surface area contributed by atoms with Crippen molar-refractivity contribution in [2.45, 2.75) is 39.3 Å². The minimum atomic E-state index is -0.335. The van der Waals surface area contributed by atoms with Crippen molar-refractivity contribution in [2.24, 2.45) is 0 Å². The highest BCUT2D eigenvalue weighted by Gasteiger charge is 2.20. The molecule has 1 rings (SSSR count). The molecule has 0 saturated carbocycles. The van der Waals surface area contributed by atoms with Gasteiger partial charge >= 0.3 is 5.97 Å². The zero-order valence-corrected chi connectivity index (χ0v) is 9.72. The van der Waals surface area contributed by atoms with E-state index < -0.39 is 0 Å². The van der Waals surface area contributed by atoms with Crippen molar-refractivity contribution in [3.05, 3.63) is 18.2 Å². The van der Waals surface area contributed by atoms with Crippen LogP contribution in [0, 0.1) is 0 Å². The van der Waals surface area contributed by atoms with Gasteiger partial charge in [0.25, 0.3) is 0 Å². The van der Waals surface area contributed by atoms with Crippen molar-refractivity contribution in [3.8, 4) is 0 Å². The number of rotatable bonds is 6. The van der Waals surface area contributed by atoms with Crippen molar-refractivity contribution < 1.29 is 14.6 Å². The first kappa shape index (κ1) is 12.7. The molecule has 0 amide bonds. The number of imidazole rings is 1. The first-order valence-corrected chi connectivity index (χ1v) is 5.52. The summed E-state index contributed by atoms with van der Waals surface area (Å²) >= 11 is 0. The fraction of sp³-hybridized carbons (Fsp3) is 0.636. The molecule has 0 aliphatic heterocycles. The third kappa shape index (κ3) is 3.06. The second-order valence-corrected chi connectivity index (χ2v) is 3.53. The quantitative estimate of drug-likeness (QED) is 0.742. The van der Waals surface area contributed by atoms with Crippen LogP contribution in [0.2, 0.25) is 0 Å². The van der Waals surface area contributed by atoms with Gasteiger partial charge in [0.15, 0.2) is 0 Å². The van der Waals surface area contributed by atoms with Gasteiger partial charge in [0.1, 0.15) is 6.04 Å². The number of aliphatic hydroxyl groups is 1. The Hall–Kier alpha value is -1.36. The number of hydrogen-bond acceptors (Lipinski definition) is 4. The molecule has 5 heteroatoms. The van der Waals surface area contributed by atoms with Crippen LogP contribution in [0.1, 0.15) is 38.4 Å². The average molecular weight is 226 g/mol. The molecule has 16 heavy (non-hydrogen) atoms. The van der Waals surface area contributed by atoms with E-state index in [1.54, 1.807) is 24.0 Å². The molecule has 90 valence electrons. The van der Waals surface area contributed by atoms with Crippen LogP contribution in [0.3, 0.4) is 0 Å². The van der Waals surface area contributed by atoms with E-state index in [-0.39, 0.29) is 18.6 Å². The molecule has 0 fully saturated rings. The average Bonchev–Trinajstić information content (AvgIpc) is 2.74. The maximum atomic E-state index is 11.7. The number of nitrogens with zero attached hydrogens (tertiary/aromatic N) is 2. The Bertz CT molecular complexity index is 336. The lowest BCUT2D eigenvalue weighted by atomic mass is 10.1. The highest BCUT2D eigenvalue weighted by atomic mass is 16.5. The van der Waals surface area contributed by atoms with Crippen LogP contribution < -0.4 is 0 Å². The monoisotopic (exact) mass is 226 g/mol. The van der Waals surface area contributed by atoms with Gasteiger partial charge in [0, 0.05) is 6.20 Å². The number of esters is 1. The topological polar surface area (TPSA) is 64.4 Å². The lowest BCUT2D eigenvalue weighted by molar-refractivity contribution is -0.147. The molecule has 0 aromatic carbocycles. The van der Waals surface area contributed by atoms with E-state index in [2.05, 4.69) is 4.98 Å². The van der Waals surface area contributed by atoms with Crippen LogP contribution in [0.25, 0.3) is 0 Å². The largest absolute Gasteiger partial charge is 0.464 e. The molecule has 0 bridgehead atoms. The van der Waals surface area contributed by atoms with Crippen LogP contribution in [-0.2, 0) is 16.1 Å². The van der Waals surface area contributed by atoms with Crippen LogP contribution in [0.4, 0.5) is 0 Å². The Balaban J connectivity index is 2.79. The summed E-state index contributed by atoms with van der Waals surface area (Å²) in [5.74, 6) is -0.244. The van der Waals surface area contributed by atoms with E-state index in [9.17, 15) is 4.79 Å². The van der Waals surface area contributed by atoms with Gasteiger partial charge in [-0.3, -0.25) is 0 Å². The number of aromatic nitrogens is 2. The summed E-state index contributed by atoms with van der Waals surface area (Å²) in [5.41, 5.74) is 0.561. The number of carbonyl (C=O) groups is 1. The van der Waals surface area contributed by atoms with Crippen molar-refractivity contribution >= 4 is 5.97 Å². The van der Waals surface area contributed by atoms with E-state index in [1.165, 1.54) is 0 Å². The molecule has 5 nitrogen and oxygen atoms in total. The van der Waals surface area contributed by atoms with E-state index in [4.69, 9.17) is 9.84 Å². The van der Waals surface area contributed by atoms with Gasteiger partial charge in [-0.1, -0.05) is 13.3 Å². The second-order valence-electron chi connectivity index (χ2n) is 3.53. The van der Waals surface area contributed by atoms with E-state index in [0.29, 0.717) is 18.7 Å². The zero-order chi connectivity index (χ0) is 12.0. The maximum Gasteiger partial charge on any atom is 0.329 e. The Morgan fingerprint density at radius 3 is 2.88 bits per heavy atom. The SMILES string of the molecule is CCCC(C(=O)OCC)n1cnc(CO)c1. The molecule has 0 aliphatic rings. The molecule has 0 aliphatic carbocycles. The molecule has 1 unspecified atom stereocenters. The standard InChI is InChI=1S/C11H18N2O3/c1-3-5-10(11(15)16-4-2)13-6-9(7-14)12-8-13/h6,8,10,14H,3-5,7H2,1-2H3. The zero-order valence-electron chi connectivity index (χ0n) is 9.72. The number of hydrogen-bond donors (Lipinski definition) is 1. The van der Waals surface area contributed by atoms with E-state index in [0.717, 1.165) is 6.42 Å². The minimum absolute atomic E-state index is 0.116. The second kappa shape index (κ2) is 6.27. The van der Waals surface area contributed by atoms with Crippen molar-refractivity contribution in [1.29, 1.82) is 0 Å². The van der Waals surface area contributed by atoms with Gasteiger partial charge in [-0.15, -0.1) is 0 Å². The molecular weight excluding hydrogens is 208 g/mol. The van der Waals surface area contributed by atoms with Gasteiger partial charge in [-0.05, 0) is 13.3 Å². The van der Waals surface area contributed by atoms with Crippen molar-refractivity contribution in [1.82, 2.24) is 9.55 Å². The molecule has 0 spiro atoms. The molecule has 1 atom stereocenters. The Labute approximate surface area is 95.1 Å². The predicted octanol–water partition coefficient (Wildman–Crippen LogP) is 1.28. The number of aliphatic hydroxyl groups excluding tert-OH is 1. The predicted molar refractivity (Wildman–Crippen MR) is 58.7 cm³/mol. The molecule has 1 N–H and O–H groups in total. The summed E-state index contributed by atoms with van der Waals surface area (Å²) in [6, 6.07) is -0.335. The summed E-state index contributed by atoms with van der Waals surface area (Å²) in [5, 5.41) is 8.91. The molecular formula is C11H18N2O3. The summed E-state index contributed by atoms with van der Waals surface area (Å²) in [6.45, 7) is 4.05. The van der Waals surface area contributed by atoms with E-state index in [1.807, 2.05) is 6.92 Å². The van der Waals surface area contributed by atoms with Gasteiger partial charge in [-0.2, -0.15) is 0 Å². The summed E-state index contributed by atoms with van der Waals surface area (Å²) in [4.78, 5) is 15.7. The number of carbonyl (C=O) groups excluding carboxylic acids is 1. The first-order valence-electron chi connectivity index (χ1n) is 5.52. The molecule has 0 radical (unpaired) electrons. The summed E-state index contributed by atoms with van der Waals surface area (Å²) in [7, 11) is 0. The smallest absolute Gasteiger partial charge is 0.329 e. The van der Waals surface area contributed by atoms with Crippen LogP contribution in [-0.4, -0.2) is 27.2 Å². The lowest BCUT2D eigenvalue weighted by Gasteiger charge is -2.15. The van der Waals surface area contributed by atoms with Crippen molar-refractivity contribution in [3.63, 3.8) is 0 Å². The molecule has 0 saturated heterocycles. The fourth-order valence-electron chi connectivity index (χ4n) is 1.53. The highest BCUT2D eigenvalue weighted by Crippen LogP contribution is 2.16. The third-order valence-electron chi connectivity index (χ3n) is 2.30. The Morgan fingerprint density at radius 1 is 1.62 bits per heavy atom. The first-order chi connectivity index (χ1) is 7.72. The maximum absolute atomic E-state index is 11.7. The lowest BCUT2D eigenvalue weighted by Crippen LogP contribution is -2.21. The van der Waals surface area contributed by atoms with E-state index >= 15 is 0 Å². The number of ether oxygens (including phenoxy) is 1. The third-order valence-corrected chi connectivity index (χ3v) is 2.30. The molecule has 1 heterocycles. The highest BCUT2D eigenvalue weighted by molar-refractivity contribution is 5.74. The molecule has 1 aromatic rings. The normalized spacial score (nSPS) is 12.4. The summed E-state index contributed by atoms with van der Waals surface area (Å²) < 4.78 is 6.71. The van der Waals surface area contributed by atoms with Crippen LogP contribution >= 0.6 is 0 Å². The van der Waals surface area contributed by atoms with Gasteiger partial charge in [0.2, 0.25) is 0 Å². The van der Waals surface area contributed by atoms with Crippen molar-refractivity contribution in [2.75, 3.05) is 6.61 Å². The van der Waals surface area contributed by atoms with Crippen LogP contribution in [0.5, 0.6) is 0 Å². The van der Waals surface area contributed by atoms with Gasteiger partial charge < -0.3 is 14.4 Å².